The van der Waals surface area contributed by atoms with Gasteiger partial charge in [0.25, 0.3) is 5.91 Å². The monoisotopic (exact) mass is 344 g/mol. The third-order valence-corrected chi connectivity index (χ3v) is 6.11. The minimum absolute atomic E-state index is 0.117. The highest BCUT2D eigenvalue weighted by atomic mass is 16.5. The van der Waals surface area contributed by atoms with Gasteiger partial charge in [0.15, 0.2) is 0 Å². The van der Waals surface area contributed by atoms with Gasteiger partial charge in [-0.15, -0.1) is 0 Å². The van der Waals surface area contributed by atoms with Crippen LogP contribution in [0.3, 0.4) is 0 Å². The van der Waals surface area contributed by atoms with E-state index >= 15 is 0 Å². The summed E-state index contributed by atoms with van der Waals surface area (Å²) in [4.78, 5) is 17.6. The zero-order valence-corrected chi connectivity index (χ0v) is 15.1. The van der Waals surface area contributed by atoms with Crippen molar-refractivity contribution in [2.45, 2.75) is 19.3 Å². The molecule has 1 aromatic carbocycles. The van der Waals surface area contributed by atoms with Crippen LogP contribution >= 0.6 is 0 Å². The molecule has 0 N–H and O–H groups in total. The Morgan fingerprint density at radius 3 is 2.96 bits per heavy atom. The van der Waals surface area contributed by atoms with Crippen LogP contribution in [0, 0.1) is 11.3 Å². The molecule has 0 spiro atoms. The SMILES string of the molecule is COc1cccc(C(=O)N2C[C@@H]3COC[C@]3(CN3CCCCC3)C2)c1. The maximum absolute atomic E-state index is 13.0. The molecule has 5 heteroatoms. The van der Waals surface area contributed by atoms with Gasteiger partial charge in [-0.3, -0.25) is 4.79 Å². The van der Waals surface area contributed by atoms with E-state index in [0.717, 1.165) is 38.6 Å². The molecule has 3 aliphatic heterocycles. The van der Waals surface area contributed by atoms with Gasteiger partial charge < -0.3 is 19.3 Å². The number of rotatable bonds is 4. The lowest BCUT2D eigenvalue weighted by atomic mass is 9.80. The number of nitrogens with zero attached hydrogens (tertiary/aromatic N) is 2. The van der Waals surface area contributed by atoms with Gasteiger partial charge in [-0.05, 0) is 44.1 Å². The molecule has 1 aromatic rings. The molecule has 5 nitrogen and oxygen atoms in total. The highest BCUT2D eigenvalue weighted by molar-refractivity contribution is 5.94. The van der Waals surface area contributed by atoms with Crippen molar-refractivity contribution in [3.05, 3.63) is 29.8 Å². The highest BCUT2D eigenvalue weighted by Gasteiger charge is 2.52. The number of ether oxygens (including phenoxy) is 2. The third kappa shape index (κ3) is 3.27. The Kier molecular flexibility index (Phi) is 4.69. The molecule has 3 heterocycles. The second-order valence-electron chi connectivity index (χ2n) is 7.83. The predicted molar refractivity (Wildman–Crippen MR) is 95.9 cm³/mol. The molecule has 0 aliphatic carbocycles. The molecular formula is C20H28N2O3. The predicted octanol–water partition coefficient (Wildman–Crippen LogP) is 2.27. The molecule has 3 fully saturated rings. The number of hydrogen-bond acceptors (Lipinski definition) is 4. The summed E-state index contributed by atoms with van der Waals surface area (Å²) in [7, 11) is 1.63. The number of benzene rings is 1. The van der Waals surface area contributed by atoms with Crippen molar-refractivity contribution < 1.29 is 14.3 Å². The van der Waals surface area contributed by atoms with E-state index in [1.54, 1.807) is 7.11 Å². The molecule has 1 amide bonds. The Bertz CT molecular complexity index is 629. The van der Waals surface area contributed by atoms with Crippen LogP contribution in [0.1, 0.15) is 29.6 Å². The van der Waals surface area contributed by atoms with E-state index in [1.165, 1.54) is 32.4 Å². The maximum atomic E-state index is 13.0. The second-order valence-corrected chi connectivity index (χ2v) is 7.83. The fourth-order valence-corrected chi connectivity index (χ4v) is 4.71. The summed E-state index contributed by atoms with van der Waals surface area (Å²) in [6.07, 6.45) is 3.95. The van der Waals surface area contributed by atoms with Crippen LogP contribution in [0.15, 0.2) is 24.3 Å². The molecule has 0 aromatic heterocycles. The first kappa shape index (κ1) is 16.9. The van der Waals surface area contributed by atoms with Crippen molar-refractivity contribution >= 4 is 5.91 Å². The smallest absolute Gasteiger partial charge is 0.254 e. The Labute approximate surface area is 149 Å². The summed E-state index contributed by atoms with van der Waals surface area (Å²) >= 11 is 0. The van der Waals surface area contributed by atoms with Gasteiger partial charge in [0.2, 0.25) is 0 Å². The van der Waals surface area contributed by atoms with E-state index < -0.39 is 0 Å². The van der Waals surface area contributed by atoms with Crippen molar-refractivity contribution in [2.75, 3.05) is 53.0 Å². The summed E-state index contributed by atoms with van der Waals surface area (Å²) in [5.41, 5.74) is 0.833. The van der Waals surface area contributed by atoms with Crippen LogP contribution in [0.2, 0.25) is 0 Å². The average molecular weight is 344 g/mol. The van der Waals surface area contributed by atoms with Gasteiger partial charge in [-0.2, -0.15) is 0 Å². The number of methoxy groups -OCH3 is 1. The highest BCUT2D eigenvalue weighted by Crippen LogP contribution is 2.42. The van der Waals surface area contributed by atoms with Crippen molar-refractivity contribution in [1.29, 1.82) is 0 Å². The number of fused-ring (bicyclic) bond motifs is 1. The topological polar surface area (TPSA) is 42.0 Å². The van der Waals surface area contributed by atoms with Crippen LogP contribution in [-0.2, 0) is 4.74 Å². The minimum Gasteiger partial charge on any atom is -0.497 e. The summed E-state index contributed by atoms with van der Waals surface area (Å²) in [6, 6.07) is 7.48. The number of likely N-dealkylation sites (tertiary alicyclic amines) is 2. The molecule has 0 radical (unpaired) electrons. The van der Waals surface area contributed by atoms with Crippen molar-refractivity contribution in [1.82, 2.24) is 9.80 Å². The summed E-state index contributed by atoms with van der Waals surface area (Å²) in [5, 5.41) is 0. The Balaban J connectivity index is 1.48. The van der Waals surface area contributed by atoms with Gasteiger partial charge in [-0.25, -0.2) is 0 Å². The van der Waals surface area contributed by atoms with Crippen molar-refractivity contribution in [3.63, 3.8) is 0 Å². The van der Waals surface area contributed by atoms with Crippen LogP contribution in [0.4, 0.5) is 0 Å². The van der Waals surface area contributed by atoms with Crippen LogP contribution in [0.25, 0.3) is 0 Å². The molecule has 0 bridgehead atoms. The number of carbonyl (C=O) groups excluding carboxylic acids is 1. The molecule has 136 valence electrons. The normalized spacial score (nSPS) is 29.6. The molecule has 3 saturated heterocycles. The zero-order valence-electron chi connectivity index (χ0n) is 15.1. The molecule has 0 unspecified atom stereocenters. The van der Waals surface area contributed by atoms with E-state index in [1.807, 2.05) is 29.2 Å². The Hall–Kier alpha value is -1.59. The van der Waals surface area contributed by atoms with Crippen LogP contribution < -0.4 is 4.74 Å². The molecule has 4 rings (SSSR count). The van der Waals surface area contributed by atoms with Crippen molar-refractivity contribution in [2.24, 2.45) is 11.3 Å². The molecule has 0 saturated carbocycles. The summed E-state index contributed by atoms with van der Waals surface area (Å²) < 4.78 is 11.1. The van der Waals surface area contributed by atoms with Gasteiger partial charge >= 0.3 is 0 Å². The number of carbonyl (C=O) groups is 1. The molecular weight excluding hydrogens is 316 g/mol. The zero-order chi connectivity index (χ0) is 17.3. The molecule has 3 aliphatic rings. The van der Waals surface area contributed by atoms with Crippen LogP contribution in [-0.4, -0.2) is 68.8 Å². The Morgan fingerprint density at radius 2 is 2.16 bits per heavy atom. The molecule has 2 atom stereocenters. The molecule has 25 heavy (non-hydrogen) atoms. The maximum Gasteiger partial charge on any atom is 0.254 e. The first-order valence-electron chi connectivity index (χ1n) is 9.44. The van der Waals surface area contributed by atoms with E-state index in [-0.39, 0.29) is 11.3 Å². The van der Waals surface area contributed by atoms with Crippen molar-refractivity contribution in [3.8, 4) is 5.75 Å². The van der Waals surface area contributed by atoms with E-state index in [2.05, 4.69) is 4.90 Å². The average Bonchev–Trinajstić information content (AvgIpc) is 3.18. The first-order chi connectivity index (χ1) is 12.2. The fourth-order valence-electron chi connectivity index (χ4n) is 4.71. The minimum atomic E-state index is 0.117. The third-order valence-electron chi connectivity index (χ3n) is 6.11. The lowest BCUT2D eigenvalue weighted by Crippen LogP contribution is -2.45. The van der Waals surface area contributed by atoms with Gasteiger partial charge in [0, 0.05) is 36.5 Å². The first-order valence-corrected chi connectivity index (χ1v) is 9.44. The summed E-state index contributed by atoms with van der Waals surface area (Å²) in [6.45, 7) is 6.65. The Morgan fingerprint density at radius 1 is 1.32 bits per heavy atom. The van der Waals surface area contributed by atoms with E-state index in [0.29, 0.717) is 11.5 Å². The van der Waals surface area contributed by atoms with Gasteiger partial charge in [0.05, 0.1) is 20.3 Å². The standard InChI is InChI=1S/C20H28N2O3/c1-24-18-7-5-6-16(10-18)19(23)22-11-17-12-25-15-20(17,14-22)13-21-8-3-2-4-9-21/h5-7,10,17H,2-4,8-9,11-15H2,1H3/t17-,20+/m1/s1. The summed E-state index contributed by atoms with van der Waals surface area (Å²) in [5.74, 6) is 1.31. The quantitative estimate of drug-likeness (QED) is 0.840. The number of hydrogen-bond donors (Lipinski definition) is 0. The number of piperidine rings is 1. The largest absolute Gasteiger partial charge is 0.497 e. The van der Waals surface area contributed by atoms with Gasteiger partial charge in [0.1, 0.15) is 5.75 Å². The number of amides is 1. The van der Waals surface area contributed by atoms with Gasteiger partial charge in [-0.1, -0.05) is 12.5 Å². The lowest BCUT2D eigenvalue weighted by molar-refractivity contribution is 0.0654. The van der Waals surface area contributed by atoms with E-state index in [4.69, 9.17) is 9.47 Å². The second kappa shape index (κ2) is 6.96. The lowest BCUT2D eigenvalue weighted by Gasteiger charge is -2.36. The van der Waals surface area contributed by atoms with E-state index in [9.17, 15) is 4.79 Å². The van der Waals surface area contributed by atoms with Crippen LogP contribution in [0.5, 0.6) is 5.75 Å². The fraction of sp³-hybridized carbons (Fsp3) is 0.650.